The van der Waals surface area contributed by atoms with E-state index in [1.807, 2.05) is 0 Å². The SMILES string of the molecule is CC(C)(C)S(=O)(=O)N1CCOCC1CCl. The van der Waals surface area contributed by atoms with Gasteiger partial charge in [-0.25, -0.2) is 8.42 Å². The topological polar surface area (TPSA) is 46.6 Å². The molecule has 0 radical (unpaired) electrons. The standard InChI is InChI=1S/C9H18ClNO3S/c1-9(2,3)15(12,13)11-4-5-14-7-8(11)6-10/h8H,4-7H2,1-3H3. The summed E-state index contributed by atoms with van der Waals surface area (Å²) in [5.41, 5.74) is 0. The van der Waals surface area contributed by atoms with Gasteiger partial charge >= 0.3 is 0 Å². The van der Waals surface area contributed by atoms with E-state index in [0.29, 0.717) is 19.8 Å². The predicted octanol–water partition coefficient (Wildman–Crippen LogP) is 1.05. The Kier molecular flexibility index (Phi) is 4.03. The molecule has 1 aliphatic rings. The first-order chi connectivity index (χ1) is 6.80. The normalized spacial score (nSPS) is 25.5. The minimum Gasteiger partial charge on any atom is -0.378 e. The molecule has 6 heteroatoms. The van der Waals surface area contributed by atoms with Gasteiger partial charge in [-0.05, 0) is 20.8 Å². The van der Waals surface area contributed by atoms with Crippen LogP contribution in [0.3, 0.4) is 0 Å². The van der Waals surface area contributed by atoms with Crippen molar-refractivity contribution in [1.82, 2.24) is 4.31 Å². The maximum atomic E-state index is 12.2. The maximum absolute atomic E-state index is 12.2. The van der Waals surface area contributed by atoms with Crippen LogP contribution >= 0.6 is 11.6 Å². The van der Waals surface area contributed by atoms with E-state index in [1.165, 1.54) is 4.31 Å². The van der Waals surface area contributed by atoms with E-state index in [9.17, 15) is 8.42 Å². The summed E-state index contributed by atoms with van der Waals surface area (Å²) in [6, 6.07) is -0.232. The van der Waals surface area contributed by atoms with Crippen molar-refractivity contribution in [1.29, 1.82) is 0 Å². The molecule has 0 aliphatic carbocycles. The van der Waals surface area contributed by atoms with Crippen molar-refractivity contribution in [3.8, 4) is 0 Å². The van der Waals surface area contributed by atoms with Crippen LogP contribution in [0.25, 0.3) is 0 Å². The van der Waals surface area contributed by atoms with Gasteiger partial charge in [0.25, 0.3) is 0 Å². The Labute approximate surface area is 96.6 Å². The Bertz CT molecular complexity index is 310. The fourth-order valence-electron chi connectivity index (χ4n) is 1.43. The van der Waals surface area contributed by atoms with Crippen LogP contribution in [0.2, 0.25) is 0 Å². The Morgan fingerprint density at radius 2 is 2.07 bits per heavy atom. The molecule has 0 amide bonds. The van der Waals surface area contributed by atoms with Gasteiger partial charge in [0.05, 0.1) is 24.0 Å². The minimum atomic E-state index is -3.29. The molecule has 0 saturated carbocycles. The number of rotatable bonds is 2. The first-order valence-corrected chi connectivity index (χ1v) is 6.93. The van der Waals surface area contributed by atoms with E-state index in [4.69, 9.17) is 16.3 Å². The third-order valence-corrected chi connectivity index (χ3v) is 5.44. The summed E-state index contributed by atoms with van der Waals surface area (Å²) in [6.45, 7) is 6.33. The van der Waals surface area contributed by atoms with Gasteiger partial charge in [-0.2, -0.15) is 4.31 Å². The molecule has 0 bridgehead atoms. The van der Waals surface area contributed by atoms with E-state index >= 15 is 0 Å². The van der Waals surface area contributed by atoms with Crippen molar-refractivity contribution in [2.45, 2.75) is 31.6 Å². The van der Waals surface area contributed by atoms with Crippen LogP contribution in [0.15, 0.2) is 0 Å². The number of hydrogen-bond acceptors (Lipinski definition) is 3. The zero-order valence-electron chi connectivity index (χ0n) is 9.36. The maximum Gasteiger partial charge on any atom is 0.219 e. The number of morpholine rings is 1. The molecule has 15 heavy (non-hydrogen) atoms. The summed E-state index contributed by atoms with van der Waals surface area (Å²) in [5, 5.41) is 0. The third-order valence-electron chi connectivity index (χ3n) is 2.43. The highest BCUT2D eigenvalue weighted by atomic mass is 35.5. The number of hydrogen-bond donors (Lipinski definition) is 0. The fourth-order valence-corrected chi connectivity index (χ4v) is 3.31. The number of nitrogens with zero attached hydrogens (tertiary/aromatic N) is 1. The van der Waals surface area contributed by atoms with Crippen LogP contribution in [-0.4, -0.2) is 49.2 Å². The predicted molar refractivity (Wildman–Crippen MR) is 60.7 cm³/mol. The van der Waals surface area contributed by atoms with Gasteiger partial charge in [0.15, 0.2) is 0 Å². The molecule has 4 nitrogen and oxygen atoms in total. The third kappa shape index (κ3) is 2.64. The first-order valence-electron chi connectivity index (χ1n) is 4.96. The van der Waals surface area contributed by atoms with Gasteiger partial charge < -0.3 is 4.74 Å². The Morgan fingerprint density at radius 1 is 1.47 bits per heavy atom. The van der Waals surface area contributed by atoms with Crippen LogP contribution < -0.4 is 0 Å². The van der Waals surface area contributed by atoms with Crippen molar-refractivity contribution < 1.29 is 13.2 Å². The average Bonchev–Trinajstić information content (AvgIpc) is 2.16. The Hall–Kier alpha value is 0.160. The quantitative estimate of drug-likeness (QED) is 0.693. The molecule has 1 rings (SSSR count). The Morgan fingerprint density at radius 3 is 2.53 bits per heavy atom. The second kappa shape index (κ2) is 4.57. The number of ether oxygens (including phenoxy) is 1. The largest absolute Gasteiger partial charge is 0.378 e. The summed E-state index contributed by atoms with van der Waals surface area (Å²) in [4.78, 5) is 0. The van der Waals surface area contributed by atoms with Gasteiger partial charge in [0.1, 0.15) is 0 Å². The van der Waals surface area contributed by atoms with Gasteiger partial charge in [-0.3, -0.25) is 0 Å². The van der Waals surface area contributed by atoms with Gasteiger partial charge in [0.2, 0.25) is 10.0 Å². The van der Waals surface area contributed by atoms with Crippen molar-refractivity contribution in [2.75, 3.05) is 25.6 Å². The van der Waals surface area contributed by atoms with Gasteiger partial charge in [0, 0.05) is 12.4 Å². The Balaban J connectivity index is 2.94. The monoisotopic (exact) mass is 255 g/mol. The summed E-state index contributed by atoms with van der Waals surface area (Å²) in [6.07, 6.45) is 0. The molecule has 1 fully saturated rings. The molecule has 1 unspecified atom stereocenters. The zero-order chi connectivity index (χ0) is 11.7. The van der Waals surface area contributed by atoms with E-state index in [-0.39, 0.29) is 11.9 Å². The highest BCUT2D eigenvalue weighted by molar-refractivity contribution is 7.90. The first kappa shape index (κ1) is 13.2. The molecule has 1 heterocycles. The molecule has 0 N–H and O–H groups in total. The number of sulfonamides is 1. The van der Waals surface area contributed by atoms with E-state index in [1.54, 1.807) is 20.8 Å². The lowest BCUT2D eigenvalue weighted by Gasteiger charge is -2.37. The van der Waals surface area contributed by atoms with Crippen LogP contribution in [0.1, 0.15) is 20.8 Å². The molecule has 0 aromatic carbocycles. The molecule has 1 aliphatic heterocycles. The highest BCUT2D eigenvalue weighted by Crippen LogP contribution is 2.24. The van der Waals surface area contributed by atoms with E-state index in [0.717, 1.165) is 0 Å². The van der Waals surface area contributed by atoms with Gasteiger partial charge in [-0.15, -0.1) is 11.6 Å². The van der Waals surface area contributed by atoms with Crippen LogP contribution in [0.4, 0.5) is 0 Å². The lowest BCUT2D eigenvalue weighted by molar-refractivity contribution is 0.0395. The second-order valence-corrected chi connectivity index (χ2v) is 7.56. The fraction of sp³-hybridized carbons (Fsp3) is 1.00. The van der Waals surface area contributed by atoms with Crippen molar-refractivity contribution >= 4 is 21.6 Å². The van der Waals surface area contributed by atoms with Crippen molar-refractivity contribution in [2.24, 2.45) is 0 Å². The van der Waals surface area contributed by atoms with Crippen LogP contribution in [0, 0.1) is 0 Å². The summed E-state index contributed by atoms with van der Waals surface area (Å²) < 4.78 is 30.3. The lowest BCUT2D eigenvalue weighted by atomic mass is 10.3. The van der Waals surface area contributed by atoms with Crippen molar-refractivity contribution in [3.05, 3.63) is 0 Å². The van der Waals surface area contributed by atoms with Gasteiger partial charge in [-0.1, -0.05) is 0 Å². The highest BCUT2D eigenvalue weighted by Gasteiger charge is 2.40. The summed E-state index contributed by atoms with van der Waals surface area (Å²) >= 11 is 5.75. The minimum absolute atomic E-state index is 0.232. The molecular weight excluding hydrogens is 238 g/mol. The molecule has 1 atom stereocenters. The molecular formula is C9H18ClNO3S. The van der Waals surface area contributed by atoms with Crippen LogP contribution in [-0.2, 0) is 14.8 Å². The van der Waals surface area contributed by atoms with E-state index < -0.39 is 14.8 Å². The van der Waals surface area contributed by atoms with E-state index in [2.05, 4.69) is 0 Å². The summed E-state index contributed by atoms with van der Waals surface area (Å²) in [7, 11) is -3.29. The molecule has 0 aromatic rings. The molecule has 1 saturated heterocycles. The second-order valence-electron chi connectivity index (χ2n) is 4.61. The summed E-state index contributed by atoms with van der Waals surface area (Å²) in [5.74, 6) is 0.273. The average molecular weight is 256 g/mol. The van der Waals surface area contributed by atoms with Crippen LogP contribution in [0.5, 0.6) is 0 Å². The molecule has 0 aromatic heterocycles. The number of alkyl halides is 1. The number of halogens is 1. The zero-order valence-corrected chi connectivity index (χ0v) is 10.9. The molecule has 90 valence electrons. The van der Waals surface area contributed by atoms with Crippen molar-refractivity contribution in [3.63, 3.8) is 0 Å². The lowest BCUT2D eigenvalue weighted by Crippen LogP contribution is -2.54. The smallest absolute Gasteiger partial charge is 0.219 e. The molecule has 0 spiro atoms.